The Balaban J connectivity index is 2.39. The van der Waals surface area contributed by atoms with Crippen molar-refractivity contribution in [2.45, 2.75) is 65.7 Å². The van der Waals surface area contributed by atoms with Crippen molar-refractivity contribution in [1.82, 2.24) is 10.1 Å². The van der Waals surface area contributed by atoms with Crippen molar-refractivity contribution < 1.29 is 14.1 Å². The maximum absolute atomic E-state index is 12.4. The molecule has 0 saturated heterocycles. The summed E-state index contributed by atoms with van der Waals surface area (Å²) >= 11 is 0. The van der Waals surface area contributed by atoms with Crippen molar-refractivity contribution >= 4 is 17.6 Å². The van der Waals surface area contributed by atoms with Crippen molar-refractivity contribution in [3.8, 4) is 0 Å². The van der Waals surface area contributed by atoms with Gasteiger partial charge < -0.3 is 14.7 Å². The molecule has 2 amide bonds. The number of hydrogen-bond donors (Lipinski definition) is 1. The molecule has 0 bridgehead atoms. The standard InChI is InChI=1S/C18H31N3O3/c1-4-5-6-7-8-9-10-18(23)21(13-15(2)3)14-17(22)19-16-11-12-24-20-16/h11-12,15H,4-10,13-14H2,1-3H3,(H,19,20,22). The minimum absolute atomic E-state index is 0.0505. The van der Waals surface area contributed by atoms with Crippen molar-refractivity contribution in [2.24, 2.45) is 5.92 Å². The van der Waals surface area contributed by atoms with Gasteiger partial charge in [-0.15, -0.1) is 0 Å². The molecule has 0 saturated carbocycles. The lowest BCUT2D eigenvalue weighted by Gasteiger charge is -2.24. The highest BCUT2D eigenvalue weighted by Gasteiger charge is 2.18. The van der Waals surface area contributed by atoms with E-state index in [0.717, 1.165) is 12.8 Å². The van der Waals surface area contributed by atoms with E-state index in [0.29, 0.717) is 24.7 Å². The summed E-state index contributed by atoms with van der Waals surface area (Å²) in [6.07, 6.45) is 8.77. The molecular weight excluding hydrogens is 306 g/mol. The van der Waals surface area contributed by atoms with E-state index in [1.807, 2.05) is 13.8 Å². The van der Waals surface area contributed by atoms with E-state index >= 15 is 0 Å². The summed E-state index contributed by atoms with van der Waals surface area (Å²) in [6, 6.07) is 1.57. The lowest BCUT2D eigenvalue weighted by Crippen LogP contribution is -2.40. The molecule has 0 aromatic carbocycles. The molecule has 0 spiro atoms. The van der Waals surface area contributed by atoms with Crippen LogP contribution in [0.2, 0.25) is 0 Å². The van der Waals surface area contributed by atoms with Gasteiger partial charge in [-0.3, -0.25) is 9.59 Å². The molecule has 0 unspecified atom stereocenters. The van der Waals surface area contributed by atoms with Crippen LogP contribution in [0.25, 0.3) is 0 Å². The van der Waals surface area contributed by atoms with Crippen molar-refractivity contribution in [3.05, 3.63) is 12.3 Å². The van der Waals surface area contributed by atoms with Gasteiger partial charge in [-0.25, -0.2) is 0 Å². The zero-order valence-corrected chi connectivity index (χ0v) is 15.2. The van der Waals surface area contributed by atoms with Crippen LogP contribution in [0.5, 0.6) is 0 Å². The van der Waals surface area contributed by atoms with Crippen LogP contribution in [0.15, 0.2) is 16.9 Å². The second kappa shape index (κ2) is 11.6. The first kappa shape index (κ1) is 20.2. The zero-order chi connectivity index (χ0) is 17.8. The molecule has 0 atom stereocenters. The Labute approximate surface area is 145 Å². The summed E-state index contributed by atoms with van der Waals surface area (Å²) in [5.74, 6) is 0.488. The summed E-state index contributed by atoms with van der Waals surface area (Å²) in [4.78, 5) is 26.1. The van der Waals surface area contributed by atoms with Crippen molar-refractivity contribution in [1.29, 1.82) is 0 Å². The number of anilines is 1. The lowest BCUT2D eigenvalue weighted by molar-refractivity contribution is -0.135. The Morgan fingerprint density at radius 2 is 1.92 bits per heavy atom. The second-order valence-corrected chi connectivity index (χ2v) is 6.62. The number of hydrogen-bond acceptors (Lipinski definition) is 4. The van der Waals surface area contributed by atoms with Gasteiger partial charge in [0.15, 0.2) is 5.82 Å². The normalized spacial score (nSPS) is 10.8. The Hall–Kier alpha value is -1.85. The van der Waals surface area contributed by atoms with E-state index in [4.69, 9.17) is 0 Å². The van der Waals surface area contributed by atoms with Gasteiger partial charge in [-0.1, -0.05) is 58.0 Å². The van der Waals surface area contributed by atoms with E-state index in [-0.39, 0.29) is 18.4 Å². The summed E-state index contributed by atoms with van der Waals surface area (Å²) in [5, 5.41) is 6.28. The van der Waals surface area contributed by atoms with E-state index < -0.39 is 0 Å². The Morgan fingerprint density at radius 1 is 1.21 bits per heavy atom. The summed E-state index contributed by atoms with van der Waals surface area (Å²) in [5.41, 5.74) is 0. The predicted molar refractivity (Wildman–Crippen MR) is 94.5 cm³/mol. The quantitative estimate of drug-likeness (QED) is 0.588. The maximum atomic E-state index is 12.4. The SMILES string of the molecule is CCCCCCCCC(=O)N(CC(=O)Nc1ccon1)CC(C)C. The topological polar surface area (TPSA) is 75.4 Å². The lowest BCUT2D eigenvalue weighted by atomic mass is 10.1. The molecule has 1 aromatic rings. The molecule has 0 aliphatic carbocycles. The van der Waals surface area contributed by atoms with E-state index in [1.165, 1.54) is 31.9 Å². The Kier molecular flexibility index (Phi) is 9.80. The van der Waals surface area contributed by atoms with Crippen molar-refractivity contribution in [2.75, 3.05) is 18.4 Å². The van der Waals surface area contributed by atoms with Gasteiger partial charge in [0.25, 0.3) is 0 Å². The third-order valence-corrected chi connectivity index (χ3v) is 3.72. The highest BCUT2D eigenvalue weighted by atomic mass is 16.5. The molecule has 0 fully saturated rings. The first-order valence-corrected chi connectivity index (χ1v) is 9.01. The van der Waals surface area contributed by atoms with Crippen LogP contribution >= 0.6 is 0 Å². The third-order valence-electron chi connectivity index (χ3n) is 3.72. The van der Waals surface area contributed by atoms with Crippen LogP contribution in [-0.2, 0) is 9.59 Å². The fraction of sp³-hybridized carbons (Fsp3) is 0.722. The van der Waals surface area contributed by atoms with E-state index in [1.54, 1.807) is 11.0 Å². The molecule has 0 aliphatic heterocycles. The molecule has 6 nitrogen and oxygen atoms in total. The van der Waals surface area contributed by atoms with Gasteiger partial charge in [-0.2, -0.15) is 0 Å². The van der Waals surface area contributed by atoms with Crippen LogP contribution in [0.4, 0.5) is 5.82 Å². The third kappa shape index (κ3) is 8.70. The van der Waals surface area contributed by atoms with E-state index in [2.05, 4.69) is 21.9 Å². The molecule has 1 rings (SSSR count). The molecular formula is C18H31N3O3. The van der Waals surface area contributed by atoms with Gasteiger partial charge in [0.05, 0.1) is 6.54 Å². The summed E-state index contributed by atoms with van der Waals surface area (Å²) in [7, 11) is 0. The minimum atomic E-state index is -0.249. The number of carbonyl (C=O) groups excluding carboxylic acids is 2. The fourth-order valence-electron chi connectivity index (χ4n) is 2.54. The van der Waals surface area contributed by atoms with Crippen LogP contribution < -0.4 is 5.32 Å². The van der Waals surface area contributed by atoms with Gasteiger partial charge in [0, 0.05) is 19.0 Å². The summed E-state index contributed by atoms with van der Waals surface area (Å²) in [6.45, 7) is 6.92. The monoisotopic (exact) mass is 337 g/mol. The summed E-state index contributed by atoms with van der Waals surface area (Å²) < 4.78 is 4.68. The molecule has 1 aromatic heterocycles. The van der Waals surface area contributed by atoms with Crippen LogP contribution in [-0.4, -0.2) is 35.0 Å². The van der Waals surface area contributed by atoms with Gasteiger partial charge in [0.2, 0.25) is 11.8 Å². The largest absolute Gasteiger partial charge is 0.363 e. The second-order valence-electron chi connectivity index (χ2n) is 6.62. The molecule has 24 heavy (non-hydrogen) atoms. The molecule has 0 aliphatic rings. The highest BCUT2D eigenvalue weighted by Crippen LogP contribution is 2.10. The van der Waals surface area contributed by atoms with Crippen LogP contribution in [0.3, 0.4) is 0 Å². The average molecular weight is 337 g/mol. The van der Waals surface area contributed by atoms with Gasteiger partial charge >= 0.3 is 0 Å². The first-order valence-electron chi connectivity index (χ1n) is 9.01. The van der Waals surface area contributed by atoms with Crippen molar-refractivity contribution in [3.63, 3.8) is 0 Å². The average Bonchev–Trinajstić information content (AvgIpc) is 3.02. The number of nitrogens with zero attached hydrogens (tertiary/aromatic N) is 2. The number of nitrogens with one attached hydrogen (secondary N) is 1. The van der Waals surface area contributed by atoms with Gasteiger partial charge in [0.1, 0.15) is 6.26 Å². The van der Waals surface area contributed by atoms with Crippen LogP contribution in [0.1, 0.15) is 65.7 Å². The highest BCUT2D eigenvalue weighted by molar-refractivity contribution is 5.93. The minimum Gasteiger partial charge on any atom is -0.363 e. The molecule has 0 radical (unpaired) electrons. The molecule has 136 valence electrons. The maximum Gasteiger partial charge on any atom is 0.245 e. The molecule has 1 N–H and O–H groups in total. The van der Waals surface area contributed by atoms with E-state index in [9.17, 15) is 9.59 Å². The molecule has 1 heterocycles. The number of unbranched alkanes of at least 4 members (excludes halogenated alkanes) is 5. The van der Waals surface area contributed by atoms with Crippen LogP contribution in [0, 0.1) is 5.92 Å². The Bertz CT molecular complexity index is 472. The first-order chi connectivity index (χ1) is 11.5. The number of amides is 2. The van der Waals surface area contributed by atoms with Gasteiger partial charge in [-0.05, 0) is 12.3 Å². The number of aromatic nitrogens is 1. The zero-order valence-electron chi connectivity index (χ0n) is 15.2. The number of rotatable bonds is 12. The smallest absolute Gasteiger partial charge is 0.245 e. The predicted octanol–water partition coefficient (Wildman–Crippen LogP) is 3.85. The Morgan fingerprint density at radius 3 is 2.54 bits per heavy atom. The fourth-order valence-corrected chi connectivity index (χ4v) is 2.54. The number of carbonyl (C=O) groups is 2. The molecule has 6 heteroatoms.